The van der Waals surface area contributed by atoms with Gasteiger partial charge in [0, 0.05) is 19.1 Å². The van der Waals surface area contributed by atoms with Crippen LogP contribution in [-0.2, 0) is 23.7 Å². The van der Waals surface area contributed by atoms with Crippen molar-refractivity contribution in [3.63, 3.8) is 0 Å². The van der Waals surface area contributed by atoms with Crippen LogP contribution in [-0.4, -0.2) is 161 Å². The van der Waals surface area contributed by atoms with Gasteiger partial charge in [0.25, 0.3) is 0 Å². The Morgan fingerprint density at radius 1 is 0.886 bits per heavy atom. The second kappa shape index (κ2) is 17.7. The summed E-state index contributed by atoms with van der Waals surface area (Å²) in [6.07, 6.45) is -11.3. The third-order valence-corrected chi connectivity index (χ3v) is 8.36. The minimum Gasteiger partial charge on any atom is -0.394 e. The minimum absolute atomic E-state index is 0.000371. The van der Waals surface area contributed by atoms with E-state index >= 15 is 0 Å². The lowest BCUT2D eigenvalue weighted by Crippen LogP contribution is -2.69. The van der Waals surface area contributed by atoms with Gasteiger partial charge in [0.05, 0.1) is 36.9 Å². The van der Waals surface area contributed by atoms with Gasteiger partial charge in [-0.15, -0.1) is 0 Å². The third-order valence-electron chi connectivity index (χ3n) is 8.36. The first-order valence-electron chi connectivity index (χ1n) is 15.2. The highest BCUT2D eigenvalue weighted by molar-refractivity contribution is 5.80. The number of amides is 1. The topological polar surface area (TPSA) is 330 Å². The quantitative estimate of drug-likeness (QED) is 0.0791. The number of ether oxygens (including phenoxy) is 4. The van der Waals surface area contributed by atoms with Crippen LogP contribution < -0.4 is 39.3 Å². The van der Waals surface area contributed by atoms with Crippen molar-refractivity contribution < 1.29 is 54.4 Å². The van der Waals surface area contributed by atoms with E-state index in [-0.39, 0.29) is 25.5 Å². The summed E-state index contributed by atoms with van der Waals surface area (Å²) in [5.74, 6) is -0.775. The van der Waals surface area contributed by atoms with Crippen LogP contribution in [0, 0.1) is 0 Å². The maximum Gasteiger partial charge on any atom is 0.249 e. The summed E-state index contributed by atoms with van der Waals surface area (Å²) >= 11 is 0. The molecule has 0 aromatic rings. The van der Waals surface area contributed by atoms with E-state index in [0.29, 0.717) is 38.9 Å². The Morgan fingerprint density at radius 2 is 1.57 bits per heavy atom. The fraction of sp³-hybridized carbons (Fsp3) is 0.962. The van der Waals surface area contributed by atoms with Crippen LogP contribution in [0.25, 0.3) is 0 Å². The number of carbonyl (C=O) groups is 1. The number of hydrogen-bond acceptors (Lipinski definition) is 17. The van der Waals surface area contributed by atoms with Crippen molar-refractivity contribution in [2.45, 2.75) is 124 Å². The fourth-order valence-corrected chi connectivity index (χ4v) is 5.70. The van der Waals surface area contributed by atoms with E-state index in [4.69, 9.17) is 47.6 Å². The Morgan fingerprint density at radius 3 is 2.23 bits per heavy atom. The summed E-state index contributed by atoms with van der Waals surface area (Å²) in [7, 11) is 0. The number of carbonyl (C=O) groups excluding carboxylic acids is 1. The molecule has 0 spiro atoms. The molecule has 258 valence electrons. The second-order valence-electron chi connectivity index (χ2n) is 11.8. The number of rotatable bonds is 15. The van der Waals surface area contributed by atoms with Crippen LogP contribution in [0.3, 0.4) is 0 Å². The predicted molar refractivity (Wildman–Crippen MR) is 154 cm³/mol. The van der Waals surface area contributed by atoms with Crippen LogP contribution in [0.15, 0.2) is 0 Å². The zero-order valence-electron chi connectivity index (χ0n) is 24.8. The molecular weight excluding hydrogens is 586 g/mol. The Balaban J connectivity index is 1.75. The van der Waals surface area contributed by atoms with Crippen LogP contribution in [0.4, 0.5) is 0 Å². The average Bonchev–Trinajstić information content (AvgIpc) is 2.98. The molecule has 0 aromatic heterocycles. The molecule has 2 saturated heterocycles. The number of nitrogens with one attached hydrogen (secondary N) is 2. The Labute approximate surface area is 256 Å². The van der Waals surface area contributed by atoms with E-state index in [2.05, 4.69) is 10.6 Å². The SMILES string of the molecule is NCCC(O)CNC[C@@H]1CC[C@@H](N)[C@@H](OC2[C@@H](N)C[C@@H](NC(=O)[C@@H](O)CCN)[C@H](O[C@H]3O[C@H](CO)[C@@H](O)[C@H](N)[C@H]3O)[C@H]2O)O1. The molecule has 1 aliphatic carbocycles. The normalized spacial score (nSPS) is 41.2. The average molecular weight is 640 g/mol. The molecule has 0 bridgehead atoms. The molecule has 1 saturated carbocycles. The molecule has 3 rings (SSSR count). The zero-order chi connectivity index (χ0) is 32.6. The molecular formula is C26H53N7O11. The fourth-order valence-electron chi connectivity index (χ4n) is 5.70. The number of aliphatic hydroxyl groups excluding tert-OH is 6. The Hall–Kier alpha value is -1.17. The van der Waals surface area contributed by atoms with Crippen molar-refractivity contribution in [3.05, 3.63) is 0 Å². The summed E-state index contributed by atoms with van der Waals surface area (Å²) in [5, 5.41) is 67.9. The van der Waals surface area contributed by atoms with Crippen molar-refractivity contribution >= 4 is 5.91 Å². The number of aliphatic hydroxyl groups is 6. The standard InChI is InChI=1S/C26H53N7O11/c27-5-3-11(35)8-32-9-12-1-2-13(29)25(41-12)43-22-14(30)7-15(33-24(40)16(36)4-6-28)23(21(22)39)44-26-20(38)18(31)19(37)17(10-34)42-26/h11-23,25-26,32,34-39H,1-10,27-31H2,(H,33,40)/t11?,12-,13+,14-,15+,16-,17+,18-,19+,20+,21-,22?,23-,25+,26+/m0/s1. The van der Waals surface area contributed by atoms with Crippen LogP contribution in [0.1, 0.15) is 32.1 Å². The van der Waals surface area contributed by atoms with E-state index in [9.17, 15) is 35.4 Å². The molecule has 1 amide bonds. The van der Waals surface area contributed by atoms with Gasteiger partial charge in [0.1, 0.15) is 42.7 Å². The van der Waals surface area contributed by atoms with Crippen LogP contribution in [0.2, 0.25) is 0 Å². The van der Waals surface area contributed by atoms with E-state index < -0.39 is 98.1 Å². The summed E-state index contributed by atoms with van der Waals surface area (Å²) in [5.41, 5.74) is 29.6. The van der Waals surface area contributed by atoms with E-state index in [1.807, 2.05) is 0 Å². The first-order valence-corrected chi connectivity index (χ1v) is 15.2. The van der Waals surface area contributed by atoms with E-state index in [0.717, 1.165) is 0 Å². The molecule has 0 radical (unpaired) electrons. The van der Waals surface area contributed by atoms with E-state index in [1.54, 1.807) is 0 Å². The third kappa shape index (κ3) is 9.67. The molecule has 18 heteroatoms. The minimum atomic E-state index is -1.57. The second-order valence-corrected chi connectivity index (χ2v) is 11.8. The van der Waals surface area contributed by atoms with Gasteiger partial charge in [0.2, 0.25) is 5.91 Å². The summed E-state index contributed by atoms with van der Waals surface area (Å²) in [4.78, 5) is 12.7. The van der Waals surface area contributed by atoms with Crippen LogP contribution >= 0.6 is 0 Å². The lowest BCUT2D eigenvalue weighted by atomic mass is 9.83. The van der Waals surface area contributed by atoms with Gasteiger partial charge < -0.3 is 88.9 Å². The molecule has 18 nitrogen and oxygen atoms in total. The smallest absolute Gasteiger partial charge is 0.249 e. The number of hydrogen-bond donors (Lipinski definition) is 13. The lowest BCUT2D eigenvalue weighted by Gasteiger charge is -2.48. The van der Waals surface area contributed by atoms with Gasteiger partial charge in [-0.1, -0.05) is 0 Å². The number of nitrogens with two attached hydrogens (primary N) is 5. The van der Waals surface area contributed by atoms with Crippen molar-refractivity contribution in [1.29, 1.82) is 0 Å². The highest BCUT2D eigenvalue weighted by atomic mass is 16.7. The maximum absolute atomic E-state index is 12.7. The molecule has 2 aliphatic heterocycles. The van der Waals surface area contributed by atoms with Gasteiger partial charge in [-0.05, 0) is 45.2 Å². The Kier molecular flexibility index (Phi) is 15.0. The van der Waals surface area contributed by atoms with E-state index in [1.165, 1.54) is 0 Å². The Bertz CT molecular complexity index is 867. The van der Waals surface area contributed by atoms with Crippen molar-refractivity contribution in [3.8, 4) is 0 Å². The monoisotopic (exact) mass is 639 g/mol. The molecule has 15 atom stereocenters. The van der Waals surface area contributed by atoms with Gasteiger partial charge in [-0.2, -0.15) is 0 Å². The highest BCUT2D eigenvalue weighted by Gasteiger charge is 2.51. The predicted octanol–water partition coefficient (Wildman–Crippen LogP) is -7.06. The molecule has 3 fully saturated rings. The highest BCUT2D eigenvalue weighted by Crippen LogP contribution is 2.31. The molecule has 2 unspecified atom stereocenters. The molecule has 18 N–H and O–H groups in total. The first-order chi connectivity index (χ1) is 20.9. The van der Waals surface area contributed by atoms with Gasteiger partial charge in [0.15, 0.2) is 12.6 Å². The molecule has 0 aromatic carbocycles. The maximum atomic E-state index is 12.7. The van der Waals surface area contributed by atoms with Crippen molar-refractivity contribution in [2.75, 3.05) is 32.8 Å². The largest absolute Gasteiger partial charge is 0.394 e. The van der Waals surface area contributed by atoms with Gasteiger partial charge >= 0.3 is 0 Å². The molecule has 3 aliphatic rings. The van der Waals surface area contributed by atoms with Gasteiger partial charge in [-0.25, -0.2) is 0 Å². The zero-order valence-corrected chi connectivity index (χ0v) is 24.8. The molecule has 44 heavy (non-hydrogen) atoms. The molecule has 2 heterocycles. The van der Waals surface area contributed by atoms with Crippen LogP contribution in [0.5, 0.6) is 0 Å². The summed E-state index contributed by atoms with van der Waals surface area (Å²) < 4.78 is 23.7. The lowest BCUT2D eigenvalue weighted by molar-refractivity contribution is -0.314. The summed E-state index contributed by atoms with van der Waals surface area (Å²) in [6.45, 7) is 0.529. The summed E-state index contributed by atoms with van der Waals surface area (Å²) in [6, 6.07) is -3.67. The van der Waals surface area contributed by atoms with Crippen molar-refractivity contribution in [1.82, 2.24) is 10.6 Å². The first kappa shape index (κ1) is 37.3. The van der Waals surface area contributed by atoms with Gasteiger partial charge in [-0.3, -0.25) is 4.79 Å². The van der Waals surface area contributed by atoms with Crippen molar-refractivity contribution in [2.24, 2.45) is 28.7 Å².